The Morgan fingerprint density at radius 1 is 1.03 bits per heavy atom. The van der Waals surface area contributed by atoms with Crippen LogP contribution >= 0.6 is 0 Å². The Bertz CT molecular complexity index is 1250. The third kappa shape index (κ3) is 5.10. The van der Waals surface area contributed by atoms with Crippen molar-refractivity contribution >= 4 is 5.91 Å². The lowest BCUT2D eigenvalue weighted by molar-refractivity contribution is 0.0938. The molecule has 0 unspecified atom stereocenters. The second kappa shape index (κ2) is 10.5. The third-order valence-corrected chi connectivity index (χ3v) is 6.45. The summed E-state index contributed by atoms with van der Waals surface area (Å²) in [4.78, 5) is 20.2. The minimum atomic E-state index is -0.149. The Morgan fingerprint density at radius 3 is 2.49 bits per heavy atom. The van der Waals surface area contributed by atoms with Gasteiger partial charge in [-0.1, -0.05) is 30.3 Å². The molecule has 1 aliphatic heterocycles. The van der Waals surface area contributed by atoms with Gasteiger partial charge in [0.1, 0.15) is 11.4 Å². The highest BCUT2D eigenvalue weighted by Crippen LogP contribution is 2.27. The maximum absolute atomic E-state index is 13.5. The topological polar surface area (TPSA) is 72.3 Å². The first-order chi connectivity index (χ1) is 17.2. The number of para-hydroxylation sites is 1. The third-order valence-electron chi connectivity index (χ3n) is 6.45. The zero-order chi connectivity index (χ0) is 24.0. The van der Waals surface area contributed by atoms with Gasteiger partial charge >= 0.3 is 0 Å². The van der Waals surface area contributed by atoms with Gasteiger partial charge < -0.3 is 10.1 Å². The van der Waals surface area contributed by atoms with E-state index in [1.165, 1.54) is 18.4 Å². The molecule has 1 saturated heterocycles. The number of pyridine rings is 1. The van der Waals surface area contributed by atoms with Crippen LogP contribution in [0.1, 0.15) is 34.8 Å². The van der Waals surface area contributed by atoms with Gasteiger partial charge in [0.2, 0.25) is 0 Å². The fourth-order valence-electron chi connectivity index (χ4n) is 4.59. The van der Waals surface area contributed by atoms with Gasteiger partial charge in [-0.2, -0.15) is 5.10 Å². The number of rotatable bonds is 8. The first-order valence-electron chi connectivity index (χ1n) is 11.9. The van der Waals surface area contributed by atoms with Gasteiger partial charge in [0, 0.05) is 30.7 Å². The van der Waals surface area contributed by atoms with Crippen LogP contribution in [0.25, 0.3) is 16.9 Å². The molecule has 7 heteroatoms. The van der Waals surface area contributed by atoms with Gasteiger partial charge in [0.15, 0.2) is 0 Å². The summed E-state index contributed by atoms with van der Waals surface area (Å²) < 4.78 is 7.08. The van der Waals surface area contributed by atoms with Crippen LogP contribution in [0.3, 0.4) is 0 Å². The van der Waals surface area contributed by atoms with Crippen LogP contribution in [-0.4, -0.2) is 52.3 Å². The molecule has 1 N–H and O–H groups in total. The number of methoxy groups -OCH3 is 1. The van der Waals surface area contributed by atoms with Gasteiger partial charge in [0.25, 0.3) is 5.91 Å². The number of benzene rings is 2. The molecule has 1 fully saturated rings. The normalized spacial score (nSPS) is 14.5. The highest BCUT2D eigenvalue weighted by atomic mass is 16.5. The van der Waals surface area contributed by atoms with Crippen molar-refractivity contribution in [3.8, 4) is 22.7 Å². The van der Waals surface area contributed by atoms with Crippen molar-refractivity contribution in [3.05, 3.63) is 96.4 Å². The van der Waals surface area contributed by atoms with Crippen molar-refractivity contribution in [2.45, 2.75) is 18.9 Å². The summed E-state index contributed by atoms with van der Waals surface area (Å²) >= 11 is 0. The second-order valence-corrected chi connectivity index (χ2v) is 8.66. The van der Waals surface area contributed by atoms with Gasteiger partial charge in [0.05, 0.1) is 24.4 Å². The average Bonchev–Trinajstić information content (AvgIpc) is 3.61. The molecule has 5 rings (SSSR count). The van der Waals surface area contributed by atoms with Gasteiger partial charge in [-0.3, -0.25) is 14.7 Å². The number of carbonyl (C=O) groups excluding carboxylic acids is 1. The summed E-state index contributed by atoms with van der Waals surface area (Å²) in [7, 11) is 1.67. The largest absolute Gasteiger partial charge is 0.497 e. The molecule has 3 heterocycles. The van der Waals surface area contributed by atoms with Crippen molar-refractivity contribution in [3.63, 3.8) is 0 Å². The van der Waals surface area contributed by atoms with E-state index in [-0.39, 0.29) is 11.9 Å². The maximum atomic E-state index is 13.5. The molecule has 0 spiro atoms. The lowest BCUT2D eigenvalue weighted by atomic mass is 10.0. The quantitative estimate of drug-likeness (QED) is 0.413. The number of hydrogen-bond acceptors (Lipinski definition) is 5. The highest BCUT2D eigenvalue weighted by molar-refractivity contribution is 5.99. The van der Waals surface area contributed by atoms with Crippen LogP contribution in [-0.2, 0) is 0 Å². The number of amides is 1. The molecule has 1 aliphatic rings. The van der Waals surface area contributed by atoms with Crippen molar-refractivity contribution in [1.82, 2.24) is 25.0 Å². The molecule has 2 aromatic carbocycles. The van der Waals surface area contributed by atoms with E-state index >= 15 is 0 Å². The average molecular weight is 468 g/mol. The molecule has 178 valence electrons. The van der Waals surface area contributed by atoms with Crippen LogP contribution in [0.15, 0.2) is 85.3 Å². The Hall–Kier alpha value is -3.97. The molecule has 1 amide bonds. The number of ether oxygens (including phenoxy) is 1. The molecule has 1 atom stereocenters. The van der Waals surface area contributed by atoms with Crippen molar-refractivity contribution in [1.29, 1.82) is 0 Å². The summed E-state index contributed by atoms with van der Waals surface area (Å²) in [5.74, 6) is 0.677. The summed E-state index contributed by atoms with van der Waals surface area (Å²) in [5.41, 5.74) is 4.00. The molecule has 35 heavy (non-hydrogen) atoms. The van der Waals surface area contributed by atoms with Crippen LogP contribution < -0.4 is 10.1 Å². The van der Waals surface area contributed by atoms with Crippen LogP contribution in [0, 0.1) is 0 Å². The lowest BCUT2D eigenvalue weighted by Gasteiger charge is -2.28. The molecule has 0 bridgehead atoms. The van der Waals surface area contributed by atoms with E-state index in [1.54, 1.807) is 30.4 Å². The van der Waals surface area contributed by atoms with Gasteiger partial charge in [-0.15, -0.1) is 0 Å². The molecule has 0 saturated carbocycles. The Balaban J connectivity index is 1.42. The minimum Gasteiger partial charge on any atom is -0.497 e. The first-order valence-corrected chi connectivity index (χ1v) is 11.9. The Labute approximate surface area is 205 Å². The first kappa shape index (κ1) is 22.8. The van der Waals surface area contributed by atoms with E-state index in [0.29, 0.717) is 17.8 Å². The zero-order valence-corrected chi connectivity index (χ0v) is 19.8. The predicted octanol–water partition coefficient (Wildman–Crippen LogP) is 4.51. The second-order valence-electron chi connectivity index (χ2n) is 8.66. The molecule has 4 aromatic rings. The SMILES string of the molecule is COc1ccc([C@H](CNC(=O)c2cn(-c3ccccc3)nc2-c2cccnc2)N2CCCC2)cc1. The fraction of sp³-hybridized carbons (Fsp3) is 0.250. The number of nitrogens with zero attached hydrogens (tertiary/aromatic N) is 4. The lowest BCUT2D eigenvalue weighted by Crippen LogP contribution is -2.36. The zero-order valence-electron chi connectivity index (χ0n) is 19.8. The summed E-state index contributed by atoms with van der Waals surface area (Å²) in [6.45, 7) is 2.56. The van der Waals surface area contributed by atoms with Gasteiger partial charge in [-0.05, 0) is 67.9 Å². The summed E-state index contributed by atoms with van der Waals surface area (Å²) in [6.07, 6.45) is 7.60. The number of likely N-dealkylation sites (tertiary alicyclic amines) is 1. The highest BCUT2D eigenvalue weighted by Gasteiger charge is 2.25. The minimum absolute atomic E-state index is 0.0957. The molecule has 0 aliphatic carbocycles. The summed E-state index contributed by atoms with van der Waals surface area (Å²) in [5, 5.41) is 7.94. The van der Waals surface area contributed by atoms with Gasteiger partial charge in [-0.25, -0.2) is 4.68 Å². The number of carbonyl (C=O) groups is 1. The Kier molecular flexibility index (Phi) is 6.86. The fourth-order valence-corrected chi connectivity index (χ4v) is 4.59. The maximum Gasteiger partial charge on any atom is 0.255 e. The predicted molar refractivity (Wildman–Crippen MR) is 136 cm³/mol. The standard InChI is InChI=1S/C28H29N5O2/c1-35-24-13-11-21(12-14-24)26(32-16-5-6-17-32)19-30-28(34)25-20-33(23-9-3-2-4-10-23)31-27(25)22-8-7-15-29-18-22/h2-4,7-15,18,20,26H,5-6,16-17,19H2,1H3,(H,30,34)/t26-/m0/s1. The molecule has 7 nitrogen and oxygen atoms in total. The van der Waals surface area contributed by atoms with E-state index in [2.05, 4.69) is 27.3 Å². The van der Waals surface area contributed by atoms with Crippen LogP contribution in [0.2, 0.25) is 0 Å². The van der Waals surface area contributed by atoms with E-state index in [9.17, 15) is 4.79 Å². The van der Waals surface area contributed by atoms with E-state index in [1.807, 2.05) is 54.6 Å². The van der Waals surface area contributed by atoms with Crippen molar-refractivity contribution in [2.24, 2.45) is 0 Å². The molecule has 2 aromatic heterocycles. The number of aromatic nitrogens is 3. The smallest absolute Gasteiger partial charge is 0.255 e. The van der Waals surface area contributed by atoms with Crippen LogP contribution in [0.5, 0.6) is 5.75 Å². The monoisotopic (exact) mass is 467 g/mol. The van der Waals surface area contributed by atoms with E-state index in [0.717, 1.165) is 30.1 Å². The Morgan fingerprint density at radius 2 is 1.80 bits per heavy atom. The molecular weight excluding hydrogens is 438 g/mol. The number of hydrogen-bond donors (Lipinski definition) is 1. The number of nitrogens with one attached hydrogen (secondary N) is 1. The van der Waals surface area contributed by atoms with Crippen molar-refractivity contribution < 1.29 is 9.53 Å². The van der Waals surface area contributed by atoms with Crippen LogP contribution in [0.4, 0.5) is 0 Å². The molecule has 0 radical (unpaired) electrons. The summed E-state index contributed by atoms with van der Waals surface area (Å²) in [6, 6.07) is 21.8. The van der Waals surface area contributed by atoms with E-state index in [4.69, 9.17) is 9.84 Å². The molecular formula is C28H29N5O2. The van der Waals surface area contributed by atoms with Crippen molar-refractivity contribution in [2.75, 3.05) is 26.7 Å². The van der Waals surface area contributed by atoms with E-state index < -0.39 is 0 Å².